The van der Waals surface area contributed by atoms with Gasteiger partial charge in [0, 0.05) is 30.3 Å². The van der Waals surface area contributed by atoms with E-state index in [1.54, 1.807) is 47.0 Å². The Hall–Kier alpha value is -1.97. The molecule has 30 heavy (non-hydrogen) atoms. The van der Waals surface area contributed by atoms with Crippen LogP contribution in [0.5, 0.6) is 0 Å². The van der Waals surface area contributed by atoms with Gasteiger partial charge in [0.05, 0.1) is 9.78 Å². The normalized spacial score (nSPS) is 27.3. The summed E-state index contributed by atoms with van der Waals surface area (Å²) in [5.74, 6) is -0.104. The van der Waals surface area contributed by atoms with Crippen LogP contribution < -0.4 is 5.32 Å². The molecule has 0 spiro atoms. The molecule has 0 aromatic heterocycles. The molecule has 4 amide bonds. The number of carbonyl (C=O) groups excluding carboxylic acids is 4. The number of nitrogens with zero attached hydrogens (tertiary/aromatic N) is 2. The molecule has 3 aliphatic heterocycles. The Balaban J connectivity index is 1.35. The highest BCUT2D eigenvalue weighted by atomic mass is 35.5. The maximum atomic E-state index is 12.6. The van der Waals surface area contributed by atoms with Crippen LogP contribution in [0.2, 0.25) is 5.02 Å². The second kappa shape index (κ2) is 8.28. The number of thioether (sulfide) groups is 2. The minimum atomic E-state index is -0.509. The monoisotopic (exact) mass is 465 g/mol. The van der Waals surface area contributed by atoms with E-state index in [4.69, 9.17) is 11.6 Å². The fourth-order valence-corrected chi connectivity index (χ4v) is 6.33. The van der Waals surface area contributed by atoms with E-state index in [1.165, 1.54) is 0 Å². The number of imide groups is 1. The zero-order valence-corrected chi connectivity index (χ0v) is 18.6. The van der Waals surface area contributed by atoms with Gasteiger partial charge in [-0.2, -0.15) is 0 Å². The molecule has 2 atom stereocenters. The van der Waals surface area contributed by atoms with Crippen molar-refractivity contribution in [3.05, 3.63) is 39.8 Å². The van der Waals surface area contributed by atoms with Crippen LogP contribution in [0.15, 0.2) is 29.2 Å². The summed E-state index contributed by atoms with van der Waals surface area (Å²) in [6, 6.07) is 6.56. The lowest BCUT2D eigenvalue weighted by Crippen LogP contribution is -2.51. The molecule has 0 radical (unpaired) electrons. The van der Waals surface area contributed by atoms with E-state index >= 15 is 0 Å². The summed E-state index contributed by atoms with van der Waals surface area (Å²) in [4.78, 5) is 52.4. The van der Waals surface area contributed by atoms with Crippen LogP contribution in [-0.4, -0.2) is 62.5 Å². The number of fused-ring (bicyclic) bond motifs is 1. The van der Waals surface area contributed by atoms with E-state index < -0.39 is 11.9 Å². The Morgan fingerprint density at radius 3 is 2.87 bits per heavy atom. The van der Waals surface area contributed by atoms with Gasteiger partial charge in [-0.25, -0.2) is 0 Å². The summed E-state index contributed by atoms with van der Waals surface area (Å²) >= 11 is 8.60. The fourth-order valence-electron chi connectivity index (χ4n) is 3.85. The summed E-state index contributed by atoms with van der Waals surface area (Å²) in [5, 5.41) is 2.89. The SMILES string of the molecule is C[C@]12CCC(=O)N1[C@H](C(=O)NCCN1C(=O)S/C(=C/c3ccccc3Cl)C1=O)CS2. The zero-order valence-electron chi connectivity index (χ0n) is 16.2. The van der Waals surface area contributed by atoms with Crippen molar-refractivity contribution in [2.45, 2.75) is 30.7 Å². The van der Waals surface area contributed by atoms with Crippen LogP contribution in [0.25, 0.3) is 6.08 Å². The van der Waals surface area contributed by atoms with Crippen molar-refractivity contribution in [3.8, 4) is 0 Å². The lowest BCUT2D eigenvalue weighted by atomic mass is 10.2. The molecule has 0 unspecified atom stereocenters. The second-order valence-corrected chi connectivity index (χ2v) is 10.3. The first kappa shape index (κ1) is 21.3. The highest BCUT2D eigenvalue weighted by molar-refractivity contribution is 8.18. The zero-order chi connectivity index (χ0) is 21.5. The third kappa shape index (κ3) is 3.86. The first-order valence-corrected chi connectivity index (χ1v) is 11.7. The second-order valence-electron chi connectivity index (χ2n) is 7.41. The quantitative estimate of drug-likeness (QED) is 0.673. The smallest absolute Gasteiger partial charge is 0.293 e. The van der Waals surface area contributed by atoms with Gasteiger partial charge in [0.2, 0.25) is 11.8 Å². The summed E-state index contributed by atoms with van der Waals surface area (Å²) in [5.41, 5.74) is 0.662. The predicted molar refractivity (Wildman–Crippen MR) is 118 cm³/mol. The Labute approximate surface area is 187 Å². The minimum Gasteiger partial charge on any atom is -0.352 e. The number of halogens is 1. The van der Waals surface area contributed by atoms with Gasteiger partial charge in [-0.15, -0.1) is 11.8 Å². The Kier molecular flexibility index (Phi) is 5.87. The topological polar surface area (TPSA) is 86.8 Å². The maximum absolute atomic E-state index is 12.6. The first-order chi connectivity index (χ1) is 14.3. The molecule has 3 heterocycles. The summed E-state index contributed by atoms with van der Waals surface area (Å²) in [6.07, 6.45) is 2.80. The number of rotatable bonds is 5. The first-order valence-electron chi connectivity index (χ1n) is 9.54. The van der Waals surface area contributed by atoms with Crippen molar-refractivity contribution in [2.24, 2.45) is 0 Å². The molecule has 10 heteroatoms. The van der Waals surface area contributed by atoms with E-state index in [0.29, 0.717) is 27.7 Å². The lowest BCUT2D eigenvalue weighted by molar-refractivity contribution is -0.137. The molecular weight excluding hydrogens is 446 g/mol. The van der Waals surface area contributed by atoms with Gasteiger partial charge in [0.25, 0.3) is 11.1 Å². The van der Waals surface area contributed by atoms with E-state index in [-0.39, 0.29) is 35.0 Å². The van der Waals surface area contributed by atoms with Crippen LogP contribution >= 0.6 is 35.1 Å². The van der Waals surface area contributed by atoms with Gasteiger partial charge in [0.1, 0.15) is 6.04 Å². The number of nitrogens with one attached hydrogen (secondary N) is 1. The number of amides is 4. The lowest BCUT2D eigenvalue weighted by Gasteiger charge is -2.29. The Bertz CT molecular complexity index is 969. The summed E-state index contributed by atoms with van der Waals surface area (Å²) in [6.45, 7) is 2.19. The van der Waals surface area contributed by atoms with E-state index in [9.17, 15) is 19.2 Å². The predicted octanol–water partition coefficient (Wildman–Crippen LogP) is 2.95. The number of benzene rings is 1. The Morgan fingerprint density at radius 1 is 1.33 bits per heavy atom. The molecule has 0 aliphatic carbocycles. The van der Waals surface area contributed by atoms with E-state index in [2.05, 4.69) is 5.32 Å². The van der Waals surface area contributed by atoms with Gasteiger partial charge in [-0.1, -0.05) is 29.8 Å². The molecule has 1 aromatic carbocycles. The van der Waals surface area contributed by atoms with Gasteiger partial charge in [-0.3, -0.25) is 24.1 Å². The Morgan fingerprint density at radius 2 is 2.10 bits per heavy atom. The standard InChI is InChI=1S/C20H20ClN3O4S2/c1-20-7-6-16(25)24(20)14(11-29-20)17(26)22-8-9-23-18(27)15(30-19(23)28)10-12-4-2-3-5-13(12)21/h2-5,10,14H,6-9,11H2,1H3,(H,22,26)/b15-10+/t14-,20-/m0/s1. The number of hydrogen-bond acceptors (Lipinski definition) is 6. The van der Waals surface area contributed by atoms with Gasteiger partial charge in [0.15, 0.2) is 0 Å². The van der Waals surface area contributed by atoms with Crippen LogP contribution in [0.1, 0.15) is 25.3 Å². The summed E-state index contributed by atoms with van der Waals surface area (Å²) < 4.78 is 0. The van der Waals surface area contributed by atoms with Crippen molar-refractivity contribution < 1.29 is 19.2 Å². The summed E-state index contributed by atoms with van der Waals surface area (Å²) in [7, 11) is 0. The van der Waals surface area contributed by atoms with Crippen LogP contribution in [0, 0.1) is 0 Å². The minimum absolute atomic E-state index is 0.00157. The van der Waals surface area contributed by atoms with Crippen LogP contribution in [-0.2, 0) is 14.4 Å². The van der Waals surface area contributed by atoms with Crippen molar-refractivity contribution in [3.63, 3.8) is 0 Å². The van der Waals surface area contributed by atoms with E-state index in [1.807, 2.05) is 6.92 Å². The molecule has 3 saturated heterocycles. The molecule has 3 aliphatic rings. The fraction of sp³-hybridized carbons (Fsp3) is 0.400. The number of hydrogen-bond donors (Lipinski definition) is 1. The van der Waals surface area contributed by atoms with E-state index in [0.717, 1.165) is 23.1 Å². The molecule has 7 nitrogen and oxygen atoms in total. The van der Waals surface area contributed by atoms with Crippen molar-refractivity contribution in [2.75, 3.05) is 18.8 Å². The van der Waals surface area contributed by atoms with Crippen LogP contribution in [0.4, 0.5) is 4.79 Å². The molecule has 0 saturated carbocycles. The van der Waals surface area contributed by atoms with Crippen molar-refractivity contribution in [1.29, 1.82) is 0 Å². The highest BCUT2D eigenvalue weighted by Gasteiger charge is 2.52. The molecule has 1 N–H and O–H groups in total. The average molecular weight is 466 g/mol. The van der Waals surface area contributed by atoms with Gasteiger partial charge in [-0.05, 0) is 42.8 Å². The van der Waals surface area contributed by atoms with Gasteiger partial charge < -0.3 is 10.2 Å². The van der Waals surface area contributed by atoms with Crippen molar-refractivity contribution >= 4 is 64.2 Å². The van der Waals surface area contributed by atoms with Crippen molar-refractivity contribution in [1.82, 2.24) is 15.1 Å². The van der Waals surface area contributed by atoms with Crippen LogP contribution in [0.3, 0.4) is 0 Å². The third-order valence-electron chi connectivity index (χ3n) is 5.45. The molecule has 0 bridgehead atoms. The third-order valence-corrected chi connectivity index (χ3v) is 8.20. The molecular formula is C20H20ClN3O4S2. The molecule has 158 valence electrons. The molecule has 1 aromatic rings. The maximum Gasteiger partial charge on any atom is 0.293 e. The van der Waals surface area contributed by atoms with Gasteiger partial charge >= 0.3 is 0 Å². The molecule has 3 fully saturated rings. The largest absolute Gasteiger partial charge is 0.352 e. The number of carbonyl (C=O) groups is 4. The average Bonchev–Trinajstić information content (AvgIpc) is 3.30. The molecule has 4 rings (SSSR count). The highest BCUT2D eigenvalue weighted by Crippen LogP contribution is 2.47.